The molecule has 0 saturated carbocycles. The lowest BCUT2D eigenvalue weighted by atomic mass is 10.1. The number of hydrogen-bond acceptors (Lipinski definition) is 3. The van der Waals surface area contributed by atoms with Crippen molar-refractivity contribution in [1.82, 2.24) is 10.2 Å². The molecular weight excluding hydrogens is 354 g/mol. The predicted molar refractivity (Wildman–Crippen MR) is 85.5 cm³/mol. The van der Waals surface area contributed by atoms with Crippen molar-refractivity contribution in [2.45, 2.75) is 0 Å². The van der Waals surface area contributed by atoms with E-state index in [1.165, 1.54) is 12.1 Å². The van der Waals surface area contributed by atoms with E-state index in [1.807, 2.05) is 0 Å². The maximum atomic E-state index is 13.1. The smallest absolute Gasteiger partial charge is 0.263 e. The molecule has 2 aromatic rings. The molecule has 0 saturated heterocycles. The van der Waals surface area contributed by atoms with E-state index in [2.05, 4.69) is 5.32 Å². The number of nitrogens with one attached hydrogen (secondary N) is 1. The first-order chi connectivity index (χ1) is 11.9. The van der Waals surface area contributed by atoms with Crippen LogP contribution in [0.25, 0.3) is 0 Å². The predicted octanol–water partition coefficient (Wildman–Crippen LogP) is 2.64. The van der Waals surface area contributed by atoms with Crippen LogP contribution >= 0.6 is 11.6 Å². The van der Waals surface area contributed by atoms with Gasteiger partial charge in [-0.15, -0.1) is 0 Å². The number of rotatable bonds is 4. The Kier molecular flexibility index (Phi) is 4.50. The minimum Gasteiger partial charge on any atom is -0.350 e. The van der Waals surface area contributed by atoms with Crippen molar-refractivity contribution in [1.29, 1.82) is 0 Å². The zero-order chi connectivity index (χ0) is 18.1. The highest BCUT2D eigenvalue weighted by atomic mass is 35.5. The standard InChI is InChI=1S/C17H11ClF2N2O3/c18-11-3-1-2-10-14(11)17(25)22(16(10)24)7-6-21-15(23)9-4-5-12(19)13(20)8-9/h1-5,8H,6-7H2,(H,21,23). The van der Waals surface area contributed by atoms with Gasteiger partial charge >= 0.3 is 0 Å². The summed E-state index contributed by atoms with van der Waals surface area (Å²) in [7, 11) is 0. The van der Waals surface area contributed by atoms with Crippen LogP contribution in [0.15, 0.2) is 36.4 Å². The number of fused-ring (bicyclic) bond motifs is 1. The van der Waals surface area contributed by atoms with Crippen molar-refractivity contribution in [3.05, 3.63) is 69.7 Å². The molecule has 0 aliphatic carbocycles. The molecule has 0 fully saturated rings. The van der Waals surface area contributed by atoms with Crippen LogP contribution in [0, 0.1) is 11.6 Å². The fourth-order valence-electron chi connectivity index (χ4n) is 2.52. The number of hydrogen-bond donors (Lipinski definition) is 1. The fraction of sp³-hybridized carbons (Fsp3) is 0.118. The van der Waals surface area contributed by atoms with E-state index in [9.17, 15) is 23.2 Å². The largest absolute Gasteiger partial charge is 0.350 e. The van der Waals surface area contributed by atoms with Crippen molar-refractivity contribution >= 4 is 29.3 Å². The summed E-state index contributed by atoms with van der Waals surface area (Å²) < 4.78 is 26.0. The summed E-state index contributed by atoms with van der Waals surface area (Å²) in [4.78, 5) is 37.4. The number of nitrogens with zero attached hydrogens (tertiary/aromatic N) is 1. The number of carbonyl (C=O) groups is 3. The monoisotopic (exact) mass is 364 g/mol. The Hall–Kier alpha value is -2.80. The molecule has 0 radical (unpaired) electrons. The van der Waals surface area contributed by atoms with E-state index >= 15 is 0 Å². The lowest BCUT2D eigenvalue weighted by molar-refractivity contribution is 0.0650. The van der Waals surface area contributed by atoms with Gasteiger partial charge in [0, 0.05) is 18.7 Å². The number of benzene rings is 2. The summed E-state index contributed by atoms with van der Waals surface area (Å²) in [6.45, 7) is -0.112. The molecule has 0 bridgehead atoms. The van der Waals surface area contributed by atoms with Crippen molar-refractivity contribution < 1.29 is 23.2 Å². The minimum atomic E-state index is -1.14. The molecule has 1 aliphatic rings. The maximum Gasteiger partial charge on any atom is 0.263 e. The first kappa shape index (κ1) is 17.0. The van der Waals surface area contributed by atoms with Crippen LogP contribution in [0.3, 0.4) is 0 Å². The van der Waals surface area contributed by atoms with Gasteiger partial charge in [-0.2, -0.15) is 0 Å². The second-order valence-corrected chi connectivity index (χ2v) is 5.72. The summed E-state index contributed by atoms with van der Waals surface area (Å²) in [6, 6.07) is 7.33. The summed E-state index contributed by atoms with van der Waals surface area (Å²) >= 11 is 5.95. The molecule has 1 N–H and O–H groups in total. The van der Waals surface area contributed by atoms with Crippen LogP contribution in [0.4, 0.5) is 8.78 Å². The quantitative estimate of drug-likeness (QED) is 0.848. The van der Waals surface area contributed by atoms with E-state index in [4.69, 9.17) is 11.6 Å². The summed E-state index contributed by atoms with van der Waals surface area (Å²) in [5.74, 6) is -3.87. The molecule has 0 spiro atoms. The minimum absolute atomic E-state index is 0.0408. The topological polar surface area (TPSA) is 66.5 Å². The molecule has 25 heavy (non-hydrogen) atoms. The van der Waals surface area contributed by atoms with Gasteiger partial charge in [0.2, 0.25) is 0 Å². The van der Waals surface area contributed by atoms with Crippen LogP contribution in [0.5, 0.6) is 0 Å². The molecule has 5 nitrogen and oxygen atoms in total. The van der Waals surface area contributed by atoms with E-state index in [-0.39, 0.29) is 34.8 Å². The van der Waals surface area contributed by atoms with Crippen LogP contribution in [-0.2, 0) is 0 Å². The van der Waals surface area contributed by atoms with Crippen LogP contribution in [0.1, 0.15) is 31.1 Å². The molecule has 2 aromatic carbocycles. The Balaban J connectivity index is 1.64. The summed E-state index contributed by atoms with van der Waals surface area (Å²) in [5, 5.41) is 2.63. The van der Waals surface area contributed by atoms with Crippen molar-refractivity contribution in [2.24, 2.45) is 0 Å². The molecule has 1 aliphatic heterocycles. The summed E-state index contributed by atoms with van der Waals surface area (Å²) in [6.07, 6.45) is 0. The Morgan fingerprint density at radius 3 is 2.52 bits per heavy atom. The third-order valence-electron chi connectivity index (χ3n) is 3.75. The highest BCUT2D eigenvalue weighted by Crippen LogP contribution is 2.28. The molecule has 0 unspecified atom stereocenters. The Morgan fingerprint density at radius 2 is 1.84 bits per heavy atom. The van der Waals surface area contributed by atoms with Gasteiger partial charge in [-0.1, -0.05) is 17.7 Å². The molecule has 3 amide bonds. The average Bonchev–Trinajstić information content (AvgIpc) is 2.83. The maximum absolute atomic E-state index is 13.1. The molecule has 128 valence electrons. The third kappa shape index (κ3) is 3.10. The molecule has 0 atom stereocenters. The van der Waals surface area contributed by atoms with E-state index in [0.29, 0.717) is 0 Å². The fourth-order valence-corrected chi connectivity index (χ4v) is 2.77. The molecule has 8 heteroatoms. The number of halogens is 3. The second-order valence-electron chi connectivity index (χ2n) is 5.31. The Morgan fingerprint density at radius 1 is 1.08 bits per heavy atom. The van der Waals surface area contributed by atoms with Gasteiger partial charge in [-0.3, -0.25) is 19.3 Å². The number of amides is 3. The van der Waals surface area contributed by atoms with Gasteiger partial charge in [0.25, 0.3) is 17.7 Å². The zero-order valence-electron chi connectivity index (χ0n) is 12.7. The van der Waals surface area contributed by atoms with Crippen molar-refractivity contribution in [2.75, 3.05) is 13.1 Å². The molecular formula is C17H11ClF2N2O3. The van der Waals surface area contributed by atoms with Crippen LogP contribution in [-0.4, -0.2) is 35.7 Å². The van der Waals surface area contributed by atoms with Gasteiger partial charge in [0.1, 0.15) is 0 Å². The zero-order valence-corrected chi connectivity index (χ0v) is 13.4. The van der Waals surface area contributed by atoms with Crippen LogP contribution in [0.2, 0.25) is 5.02 Å². The van der Waals surface area contributed by atoms with Gasteiger partial charge < -0.3 is 5.32 Å². The number of carbonyl (C=O) groups excluding carboxylic acids is 3. The highest BCUT2D eigenvalue weighted by Gasteiger charge is 2.36. The van der Waals surface area contributed by atoms with E-state index < -0.39 is 29.4 Å². The third-order valence-corrected chi connectivity index (χ3v) is 4.07. The Bertz CT molecular complexity index is 901. The van der Waals surface area contributed by atoms with Crippen LogP contribution < -0.4 is 5.32 Å². The lowest BCUT2D eigenvalue weighted by Gasteiger charge is -2.14. The van der Waals surface area contributed by atoms with E-state index in [0.717, 1.165) is 23.1 Å². The van der Waals surface area contributed by atoms with Crippen molar-refractivity contribution in [3.63, 3.8) is 0 Å². The SMILES string of the molecule is O=C(NCCN1C(=O)c2cccc(Cl)c2C1=O)c1ccc(F)c(F)c1. The Labute approximate surface area is 146 Å². The highest BCUT2D eigenvalue weighted by molar-refractivity contribution is 6.37. The van der Waals surface area contributed by atoms with Gasteiger partial charge in [0.15, 0.2) is 11.6 Å². The number of imide groups is 1. The van der Waals surface area contributed by atoms with Gasteiger partial charge in [0.05, 0.1) is 16.1 Å². The first-order valence-corrected chi connectivity index (χ1v) is 7.66. The van der Waals surface area contributed by atoms with E-state index in [1.54, 1.807) is 6.07 Å². The van der Waals surface area contributed by atoms with Gasteiger partial charge in [-0.25, -0.2) is 8.78 Å². The summed E-state index contributed by atoms with van der Waals surface area (Å²) in [5.41, 5.74) is 0.287. The molecule has 0 aromatic heterocycles. The normalized spacial score (nSPS) is 13.2. The first-order valence-electron chi connectivity index (χ1n) is 7.28. The van der Waals surface area contributed by atoms with Crippen molar-refractivity contribution in [3.8, 4) is 0 Å². The average molecular weight is 365 g/mol. The molecule has 1 heterocycles. The molecule has 3 rings (SSSR count). The second kappa shape index (κ2) is 6.60. The van der Waals surface area contributed by atoms with Gasteiger partial charge in [-0.05, 0) is 30.3 Å². The lowest BCUT2D eigenvalue weighted by Crippen LogP contribution is -2.38.